The molecule has 0 aromatic carbocycles. The van der Waals surface area contributed by atoms with Gasteiger partial charge in [0.2, 0.25) is 0 Å². The van der Waals surface area contributed by atoms with E-state index in [0.29, 0.717) is 11.2 Å². The molecule has 2 rings (SSSR count). The van der Waals surface area contributed by atoms with Crippen LogP contribution in [0.4, 0.5) is 0 Å². The lowest BCUT2D eigenvalue weighted by molar-refractivity contribution is -0.115. The number of carbonyl (C=O) groups is 1. The zero-order chi connectivity index (χ0) is 7.90. The number of hydrogen-bond acceptors (Lipinski definition) is 1. The maximum Gasteiger partial charge on any atom is 0.155 e. The molecule has 1 fully saturated rings. The number of hydrogen-bond donors (Lipinski definition) is 0. The van der Waals surface area contributed by atoms with Crippen LogP contribution in [-0.4, -0.2) is 5.78 Å². The SMILES string of the molecule is C[C@@]12CCCC1=CC(=O)CC2. The van der Waals surface area contributed by atoms with Gasteiger partial charge in [-0.3, -0.25) is 4.79 Å². The van der Waals surface area contributed by atoms with Gasteiger partial charge in [0, 0.05) is 6.42 Å². The molecule has 1 nitrogen and oxygen atoms in total. The highest BCUT2D eigenvalue weighted by Gasteiger charge is 2.36. The zero-order valence-electron chi connectivity index (χ0n) is 7.02. The van der Waals surface area contributed by atoms with Gasteiger partial charge in [-0.15, -0.1) is 0 Å². The standard InChI is InChI=1S/C10H14O/c1-10-5-2-3-8(10)7-9(11)4-6-10/h7H,2-6H2,1H3/t10-/m0/s1. The van der Waals surface area contributed by atoms with Crippen molar-refractivity contribution in [3.8, 4) is 0 Å². The highest BCUT2D eigenvalue weighted by molar-refractivity contribution is 5.91. The van der Waals surface area contributed by atoms with E-state index in [1.54, 1.807) is 0 Å². The average Bonchev–Trinajstić information content (AvgIpc) is 2.31. The fourth-order valence-electron chi connectivity index (χ4n) is 2.33. The molecule has 60 valence electrons. The molecule has 0 radical (unpaired) electrons. The Kier molecular flexibility index (Phi) is 1.41. The van der Waals surface area contributed by atoms with E-state index in [1.807, 2.05) is 6.08 Å². The normalized spacial score (nSPS) is 36.8. The summed E-state index contributed by atoms with van der Waals surface area (Å²) in [5.74, 6) is 0.347. The van der Waals surface area contributed by atoms with Crippen LogP contribution in [0, 0.1) is 5.41 Å². The number of allylic oxidation sites excluding steroid dienone is 2. The van der Waals surface area contributed by atoms with Crippen molar-refractivity contribution in [2.24, 2.45) is 5.41 Å². The molecule has 1 atom stereocenters. The van der Waals surface area contributed by atoms with E-state index in [4.69, 9.17) is 0 Å². The minimum Gasteiger partial charge on any atom is -0.295 e. The fourth-order valence-corrected chi connectivity index (χ4v) is 2.33. The van der Waals surface area contributed by atoms with Gasteiger partial charge in [0.1, 0.15) is 0 Å². The van der Waals surface area contributed by atoms with E-state index in [-0.39, 0.29) is 0 Å². The summed E-state index contributed by atoms with van der Waals surface area (Å²) in [7, 11) is 0. The van der Waals surface area contributed by atoms with Crippen molar-refractivity contribution in [1.82, 2.24) is 0 Å². The highest BCUT2D eigenvalue weighted by atomic mass is 16.1. The van der Waals surface area contributed by atoms with E-state index in [0.717, 1.165) is 12.8 Å². The smallest absolute Gasteiger partial charge is 0.155 e. The van der Waals surface area contributed by atoms with E-state index in [9.17, 15) is 4.79 Å². The van der Waals surface area contributed by atoms with Crippen LogP contribution in [0.2, 0.25) is 0 Å². The van der Waals surface area contributed by atoms with Crippen LogP contribution < -0.4 is 0 Å². The number of ketones is 1. The Labute approximate surface area is 67.5 Å². The third kappa shape index (κ3) is 1.03. The van der Waals surface area contributed by atoms with Crippen LogP contribution in [0.5, 0.6) is 0 Å². The second kappa shape index (κ2) is 2.20. The molecule has 0 saturated heterocycles. The summed E-state index contributed by atoms with van der Waals surface area (Å²) < 4.78 is 0. The Morgan fingerprint density at radius 3 is 3.00 bits per heavy atom. The summed E-state index contributed by atoms with van der Waals surface area (Å²) in [5, 5.41) is 0. The predicted molar refractivity (Wildman–Crippen MR) is 44.3 cm³/mol. The van der Waals surface area contributed by atoms with Gasteiger partial charge in [-0.2, -0.15) is 0 Å². The molecule has 0 amide bonds. The molecular weight excluding hydrogens is 136 g/mol. The molecule has 0 N–H and O–H groups in total. The quantitative estimate of drug-likeness (QED) is 0.518. The van der Waals surface area contributed by atoms with Gasteiger partial charge in [0.15, 0.2) is 5.78 Å². The number of fused-ring (bicyclic) bond motifs is 1. The molecule has 0 aromatic rings. The highest BCUT2D eigenvalue weighted by Crippen LogP contribution is 2.47. The van der Waals surface area contributed by atoms with Crippen molar-refractivity contribution >= 4 is 5.78 Å². The minimum atomic E-state index is 0.347. The van der Waals surface area contributed by atoms with E-state index < -0.39 is 0 Å². The Bertz CT molecular complexity index is 227. The van der Waals surface area contributed by atoms with Crippen LogP contribution in [-0.2, 0) is 4.79 Å². The molecular formula is C10H14O. The molecule has 0 heterocycles. The molecule has 11 heavy (non-hydrogen) atoms. The molecule has 2 aliphatic rings. The Balaban J connectivity index is 2.34. The fraction of sp³-hybridized carbons (Fsp3) is 0.700. The van der Waals surface area contributed by atoms with Crippen LogP contribution >= 0.6 is 0 Å². The van der Waals surface area contributed by atoms with Crippen LogP contribution in [0.15, 0.2) is 11.6 Å². The van der Waals surface area contributed by atoms with E-state index in [2.05, 4.69) is 6.92 Å². The topological polar surface area (TPSA) is 17.1 Å². The van der Waals surface area contributed by atoms with Crippen LogP contribution in [0.3, 0.4) is 0 Å². The van der Waals surface area contributed by atoms with Crippen molar-refractivity contribution in [2.45, 2.75) is 39.0 Å². The number of carbonyl (C=O) groups excluding carboxylic acids is 1. The first-order chi connectivity index (χ1) is 5.21. The van der Waals surface area contributed by atoms with E-state index >= 15 is 0 Å². The minimum absolute atomic E-state index is 0.347. The Morgan fingerprint density at radius 2 is 2.18 bits per heavy atom. The molecule has 2 aliphatic carbocycles. The summed E-state index contributed by atoms with van der Waals surface area (Å²) in [5.41, 5.74) is 1.84. The van der Waals surface area contributed by atoms with E-state index in [1.165, 1.54) is 24.8 Å². The molecule has 0 aromatic heterocycles. The van der Waals surface area contributed by atoms with Crippen LogP contribution in [0.1, 0.15) is 39.0 Å². The molecule has 1 heteroatoms. The maximum absolute atomic E-state index is 11.1. The molecule has 0 bridgehead atoms. The van der Waals surface area contributed by atoms with Crippen molar-refractivity contribution in [2.75, 3.05) is 0 Å². The monoisotopic (exact) mass is 150 g/mol. The summed E-state index contributed by atoms with van der Waals surface area (Å²) in [6, 6.07) is 0. The third-order valence-electron chi connectivity index (χ3n) is 3.21. The lowest BCUT2D eigenvalue weighted by Gasteiger charge is -2.28. The third-order valence-corrected chi connectivity index (χ3v) is 3.21. The lowest BCUT2D eigenvalue weighted by Crippen LogP contribution is -2.20. The number of rotatable bonds is 0. The first kappa shape index (κ1) is 7.08. The van der Waals surface area contributed by atoms with Gasteiger partial charge >= 0.3 is 0 Å². The summed E-state index contributed by atoms with van der Waals surface area (Å²) in [6.45, 7) is 2.30. The molecule has 1 saturated carbocycles. The predicted octanol–water partition coefficient (Wildman–Crippen LogP) is 2.47. The molecule has 0 aliphatic heterocycles. The van der Waals surface area contributed by atoms with Crippen LogP contribution in [0.25, 0.3) is 0 Å². The first-order valence-corrected chi connectivity index (χ1v) is 4.45. The second-order valence-corrected chi connectivity index (χ2v) is 4.05. The van der Waals surface area contributed by atoms with Gasteiger partial charge in [-0.05, 0) is 37.2 Å². The first-order valence-electron chi connectivity index (χ1n) is 4.45. The summed E-state index contributed by atoms with van der Waals surface area (Å²) in [4.78, 5) is 11.1. The lowest BCUT2D eigenvalue weighted by atomic mass is 9.76. The summed E-state index contributed by atoms with van der Waals surface area (Å²) >= 11 is 0. The van der Waals surface area contributed by atoms with Gasteiger partial charge in [0.05, 0.1) is 0 Å². The van der Waals surface area contributed by atoms with Gasteiger partial charge < -0.3 is 0 Å². The summed E-state index contributed by atoms with van der Waals surface area (Å²) in [6.07, 6.45) is 7.53. The van der Waals surface area contributed by atoms with Crippen molar-refractivity contribution in [3.63, 3.8) is 0 Å². The second-order valence-electron chi connectivity index (χ2n) is 4.05. The maximum atomic E-state index is 11.1. The van der Waals surface area contributed by atoms with Crippen molar-refractivity contribution < 1.29 is 4.79 Å². The molecule has 0 unspecified atom stereocenters. The largest absolute Gasteiger partial charge is 0.295 e. The zero-order valence-corrected chi connectivity index (χ0v) is 7.02. The van der Waals surface area contributed by atoms with Crippen molar-refractivity contribution in [3.05, 3.63) is 11.6 Å². The van der Waals surface area contributed by atoms with Gasteiger partial charge in [-0.25, -0.2) is 0 Å². The van der Waals surface area contributed by atoms with Gasteiger partial charge in [0.25, 0.3) is 0 Å². The van der Waals surface area contributed by atoms with Crippen molar-refractivity contribution in [1.29, 1.82) is 0 Å². The average molecular weight is 150 g/mol. The Morgan fingerprint density at radius 1 is 1.36 bits per heavy atom. The van der Waals surface area contributed by atoms with Gasteiger partial charge in [-0.1, -0.05) is 12.5 Å². The molecule has 0 spiro atoms. The Hall–Kier alpha value is -0.590.